The zero-order valence-electron chi connectivity index (χ0n) is 11.5. The summed E-state index contributed by atoms with van der Waals surface area (Å²) in [5.41, 5.74) is 0.324. The van der Waals surface area contributed by atoms with E-state index in [1.165, 1.54) is 19.3 Å². The van der Waals surface area contributed by atoms with Gasteiger partial charge in [0.1, 0.15) is 11.4 Å². The summed E-state index contributed by atoms with van der Waals surface area (Å²) in [6, 6.07) is 0. The van der Waals surface area contributed by atoms with Crippen LogP contribution in [0.15, 0.2) is 0 Å². The third kappa shape index (κ3) is 1.27. The van der Waals surface area contributed by atoms with Crippen LogP contribution >= 0.6 is 0 Å². The van der Waals surface area contributed by atoms with E-state index in [1.54, 1.807) is 0 Å². The molecular weight excluding hydrogens is 228 g/mol. The Bertz CT molecular complexity index is 373. The number of ether oxygens (including phenoxy) is 1. The van der Waals surface area contributed by atoms with E-state index in [-0.39, 0.29) is 11.0 Å². The molecule has 1 spiro atoms. The van der Waals surface area contributed by atoms with Crippen molar-refractivity contribution in [2.75, 3.05) is 0 Å². The molecule has 17 heavy (non-hydrogen) atoms. The number of carbonyl (C=O) groups excluding carboxylic acids is 1. The summed E-state index contributed by atoms with van der Waals surface area (Å²) in [5, 5.41) is 0. The standard InChI is InChI=1S/C14H24O2Si/c1-10(15)13-8-5-6-11(13)7-9-14(13)12(16-14)17(2,3)4/h11-12H,5-9H2,1-4H3/t11-,12?,13+,14?/m1/s1. The lowest BCUT2D eigenvalue weighted by Gasteiger charge is -2.33. The Morgan fingerprint density at radius 3 is 2.47 bits per heavy atom. The van der Waals surface area contributed by atoms with Crippen molar-refractivity contribution in [1.29, 1.82) is 0 Å². The van der Waals surface area contributed by atoms with Crippen molar-refractivity contribution >= 4 is 13.9 Å². The molecule has 2 aliphatic carbocycles. The third-order valence-corrected chi connectivity index (χ3v) is 7.71. The van der Waals surface area contributed by atoms with Crippen LogP contribution in [0.2, 0.25) is 19.6 Å². The molecule has 0 aromatic rings. The van der Waals surface area contributed by atoms with Gasteiger partial charge in [-0.1, -0.05) is 26.1 Å². The molecule has 0 amide bonds. The van der Waals surface area contributed by atoms with Gasteiger partial charge in [0, 0.05) is 0 Å². The maximum atomic E-state index is 12.3. The van der Waals surface area contributed by atoms with Crippen LogP contribution in [0.25, 0.3) is 0 Å². The molecule has 3 heteroatoms. The molecule has 1 aliphatic heterocycles. The normalized spacial score (nSPS) is 48.5. The van der Waals surface area contributed by atoms with Crippen molar-refractivity contribution in [3.8, 4) is 0 Å². The van der Waals surface area contributed by atoms with Crippen LogP contribution in [0.1, 0.15) is 39.0 Å². The van der Waals surface area contributed by atoms with E-state index in [1.807, 2.05) is 6.92 Å². The lowest BCUT2D eigenvalue weighted by molar-refractivity contribution is -0.130. The fraction of sp³-hybridized carbons (Fsp3) is 0.929. The number of epoxide rings is 1. The van der Waals surface area contributed by atoms with Gasteiger partial charge >= 0.3 is 0 Å². The summed E-state index contributed by atoms with van der Waals surface area (Å²) in [6.45, 7) is 8.95. The van der Waals surface area contributed by atoms with Crippen molar-refractivity contribution in [3.63, 3.8) is 0 Å². The van der Waals surface area contributed by atoms with Gasteiger partial charge in [-0.05, 0) is 38.5 Å². The first-order chi connectivity index (χ1) is 7.84. The first-order valence-corrected chi connectivity index (χ1v) is 10.6. The summed E-state index contributed by atoms with van der Waals surface area (Å²) in [4.78, 5) is 12.3. The van der Waals surface area contributed by atoms with Gasteiger partial charge in [0.25, 0.3) is 0 Å². The molecule has 96 valence electrons. The maximum Gasteiger partial charge on any atom is 0.139 e. The molecular formula is C14H24O2Si. The quantitative estimate of drug-likeness (QED) is 0.558. The van der Waals surface area contributed by atoms with Crippen LogP contribution in [0, 0.1) is 11.3 Å². The number of Topliss-reactive ketones (excluding diaryl/α,β-unsaturated/α-hetero) is 1. The minimum atomic E-state index is -1.29. The number of fused-ring (bicyclic) bond motifs is 2. The van der Waals surface area contributed by atoms with E-state index in [4.69, 9.17) is 4.74 Å². The van der Waals surface area contributed by atoms with Gasteiger partial charge in [-0.3, -0.25) is 4.79 Å². The fourth-order valence-corrected chi connectivity index (χ4v) is 7.35. The zero-order valence-corrected chi connectivity index (χ0v) is 12.5. The minimum Gasteiger partial charge on any atom is -0.369 e. The summed E-state index contributed by atoms with van der Waals surface area (Å²) >= 11 is 0. The topological polar surface area (TPSA) is 29.6 Å². The van der Waals surface area contributed by atoms with Crippen LogP contribution in [0.4, 0.5) is 0 Å². The SMILES string of the molecule is CC(=O)[C@@]12CCC[C@@H]1CCC21OC1[Si](C)(C)C. The van der Waals surface area contributed by atoms with Crippen LogP contribution in [-0.2, 0) is 9.53 Å². The Balaban J connectivity index is 2.00. The Labute approximate surface area is 105 Å². The second-order valence-corrected chi connectivity index (χ2v) is 12.7. The third-order valence-electron chi connectivity index (χ3n) is 5.55. The molecule has 4 atom stereocenters. The smallest absolute Gasteiger partial charge is 0.139 e. The first kappa shape index (κ1) is 11.9. The Hall–Kier alpha value is -0.153. The van der Waals surface area contributed by atoms with Crippen LogP contribution < -0.4 is 0 Å². The lowest BCUT2D eigenvalue weighted by Crippen LogP contribution is -2.47. The van der Waals surface area contributed by atoms with E-state index >= 15 is 0 Å². The van der Waals surface area contributed by atoms with Crippen LogP contribution in [-0.4, -0.2) is 25.2 Å². The molecule has 0 aromatic carbocycles. The van der Waals surface area contributed by atoms with Crippen LogP contribution in [0.5, 0.6) is 0 Å². The van der Waals surface area contributed by atoms with E-state index < -0.39 is 8.07 Å². The second-order valence-electron chi connectivity index (χ2n) is 7.41. The van der Waals surface area contributed by atoms with E-state index in [0.717, 1.165) is 12.8 Å². The molecule has 3 aliphatic rings. The molecule has 0 N–H and O–H groups in total. The summed E-state index contributed by atoms with van der Waals surface area (Å²) in [5.74, 6) is 1.04. The molecule has 3 fully saturated rings. The number of ketones is 1. The Kier molecular flexibility index (Phi) is 2.27. The van der Waals surface area contributed by atoms with Crippen molar-refractivity contribution < 1.29 is 9.53 Å². The monoisotopic (exact) mass is 252 g/mol. The van der Waals surface area contributed by atoms with Gasteiger partial charge in [0.2, 0.25) is 0 Å². The molecule has 0 radical (unpaired) electrons. The van der Waals surface area contributed by atoms with Gasteiger partial charge in [0.05, 0.1) is 19.2 Å². The van der Waals surface area contributed by atoms with Crippen molar-refractivity contribution in [2.24, 2.45) is 11.3 Å². The highest BCUT2D eigenvalue weighted by Crippen LogP contribution is 2.70. The molecule has 0 bridgehead atoms. The van der Waals surface area contributed by atoms with E-state index in [2.05, 4.69) is 19.6 Å². The highest BCUT2D eigenvalue weighted by atomic mass is 28.3. The van der Waals surface area contributed by atoms with Crippen LogP contribution in [0.3, 0.4) is 0 Å². The van der Waals surface area contributed by atoms with Crippen molar-refractivity contribution in [3.05, 3.63) is 0 Å². The Morgan fingerprint density at radius 1 is 1.24 bits per heavy atom. The van der Waals surface area contributed by atoms with Crippen molar-refractivity contribution in [2.45, 2.75) is 70.0 Å². The van der Waals surface area contributed by atoms with E-state index in [9.17, 15) is 4.79 Å². The molecule has 2 saturated carbocycles. The maximum absolute atomic E-state index is 12.3. The second kappa shape index (κ2) is 3.24. The summed E-state index contributed by atoms with van der Waals surface area (Å²) in [7, 11) is -1.29. The molecule has 0 aromatic heterocycles. The molecule has 1 heterocycles. The number of hydrogen-bond acceptors (Lipinski definition) is 2. The largest absolute Gasteiger partial charge is 0.369 e. The Morgan fingerprint density at radius 2 is 1.94 bits per heavy atom. The number of carbonyl (C=O) groups is 1. The summed E-state index contributed by atoms with van der Waals surface area (Å²) in [6.07, 6.45) is 5.94. The minimum absolute atomic E-state index is 0.0233. The molecule has 2 nitrogen and oxygen atoms in total. The fourth-order valence-electron chi connectivity index (χ4n) is 4.98. The van der Waals surface area contributed by atoms with Gasteiger partial charge in [-0.2, -0.15) is 0 Å². The predicted octanol–water partition coefficient (Wildman–Crippen LogP) is 3.17. The van der Waals surface area contributed by atoms with Gasteiger partial charge in [0.15, 0.2) is 0 Å². The summed E-state index contributed by atoms with van der Waals surface area (Å²) < 4.78 is 6.25. The molecule has 2 unspecified atom stereocenters. The van der Waals surface area contributed by atoms with Crippen molar-refractivity contribution in [1.82, 2.24) is 0 Å². The highest BCUT2D eigenvalue weighted by Gasteiger charge is 2.78. The number of hydrogen-bond donors (Lipinski definition) is 0. The highest BCUT2D eigenvalue weighted by molar-refractivity contribution is 6.78. The molecule has 3 rings (SSSR count). The number of rotatable bonds is 2. The van der Waals surface area contributed by atoms with Gasteiger partial charge in [-0.15, -0.1) is 0 Å². The predicted molar refractivity (Wildman–Crippen MR) is 70.6 cm³/mol. The average molecular weight is 252 g/mol. The van der Waals surface area contributed by atoms with E-state index in [0.29, 0.717) is 17.4 Å². The molecule has 1 saturated heterocycles. The lowest BCUT2D eigenvalue weighted by atomic mass is 9.70. The zero-order chi connectivity index (χ0) is 12.5. The van der Waals surface area contributed by atoms with Gasteiger partial charge in [-0.25, -0.2) is 0 Å². The van der Waals surface area contributed by atoms with Gasteiger partial charge < -0.3 is 4.74 Å². The average Bonchev–Trinajstić information content (AvgIpc) is 2.65. The first-order valence-electron chi connectivity index (χ1n) is 7.03.